The molecule has 0 aliphatic carbocycles. The van der Waals surface area contributed by atoms with E-state index in [9.17, 15) is 8.22 Å². The van der Waals surface area contributed by atoms with E-state index in [-0.39, 0.29) is 6.42 Å². The summed E-state index contributed by atoms with van der Waals surface area (Å²) in [6.45, 7) is 4.22. The van der Waals surface area contributed by atoms with Crippen molar-refractivity contribution < 1.29 is 8.22 Å². The van der Waals surface area contributed by atoms with E-state index >= 15 is 0 Å². The Morgan fingerprint density at radius 3 is 2.09 bits per heavy atom. The summed E-state index contributed by atoms with van der Waals surface area (Å²) in [5, 5.41) is 7.31. The van der Waals surface area contributed by atoms with Gasteiger partial charge in [-0.05, 0) is 13.0 Å². The highest BCUT2D eigenvalue weighted by atomic mass is 28.4. The molecule has 0 amide bonds. The van der Waals surface area contributed by atoms with Crippen molar-refractivity contribution in [1.29, 1.82) is 5.26 Å². The van der Waals surface area contributed by atoms with E-state index < -0.39 is 13.8 Å². The lowest BCUT2D eigenvalue weighted by Gasteiger charge is -2.29. The minimum absolute atomic E-state index is 0.0285. The molecule has 0 bridgehead atoms. The SMILES string of the molecule is CCC(C)(CC#N)[Si](C)(F)F. The molecule has 0 saturated heterocycles. The molecule has 0 aliphatic rings. The Kier molecular flexibility index (Phi) is 3.18. The van der Waals surface area contributed by atoms with E-state index in [1.807, 2.05) is 6.07 Å². The highest BCUT2D eigenvalue weighted by Crippen LogP contribution is 2.45. The van der Waals surface area contributed by atoms with Gasteiger partial charge >= 0.3 is 8.74 Å². The molecule has 0 aromatic rings. The van der Waals surface area contributed by atoms with Crippen LogP contribution in [0.3, 0.4) is 0 Å². The van der Waals surface area contributed by atoms with Gasteiger partial charge < -0.3 is 0 Å². The molecule has 11 heavy (non-hydrogen) atoms. The fraction of sp³-hybridized carbons (Fsp3) is 0.857. The minimum atomic E-state index is -4.15. The first-order valence-electron chi connectivity index (χ1n) is 3.62. The summed E-state index contributed by atoms with van der Waals surface area (Å²) >= 11 is 0. The number of hydrogen-bond donors (Lipinski definition) is 0. The lowest BCUT2D eigenvalue weighted by molar-refractivity contribution is 0.449. The van der Waals surface area contributed by atoms with Crippen LogP contribution in [0, 0.1) is 11.3 Å². The van der Waals surface area contributed by atoms with Gasteiger partial charge in [-0.25, -0.2) is 0 Å². The average molecular weight is 177 g/mol. The van der Waals surface area contributed by atoms with Gasteiger partial charge in [0.2, 0.25) is 0 Å². The van der Waals surface area contributed by atoms with E-state index in [1.54, 1.807) is 6.92 Å². The normalized spacial score (nSPS) is 17.1. The van der Waals surface area contributed by atoms with E-state index in [1.165, 1.54) is 6.92 Å². The first-order chi connectivity index (χ1) is 4.87. The van der Waals surface area contributed by atoms with Crippen LogP contribution in [0.15, 0.2) is 0 Å². The maximum absolute atomic E-state index is 12.9. The fourth-order valence-corrected chi connectivity index (χ4v) is 1.78. The highest BCUT2D eigenvalue weighted by molar-refractivity contribution is 6.68. The Balaban J connectivity index is 4.49. The molecule has 0 radical (unpaired) electrons. The Hall–Kier alpha value is -0.433. The predicted octanol–water partition coefficient (Wildman–Crippen LogP) is 3.08. The molecule has 1 nitrogen and oxygen atoms in total. The van der Waals surface area contributed by atoms with Crippen LogP contribution in [0.25, 0.3) is 0 Å². The molecule has 1 unspecified atom stereocenters. The quantitative estimate of drug-likeness (QED) is 0.480. The van der Waals surface area contributed by atoms with Crippen molar-refractivity contribution in [2.45, 2.75) is 38.3 Å². The molecule has 4 heteroatoms. The molecule has 0 saturated carbocycles. The first-order valence-corrected chi connectivity index (χ1v) is 5.88. The van der Waals surface area contributed by atoms with Gasteiger partial charge in [-0.1, -0.05) is 13.8 Å². The molecule has 0 fully saturated rings. The molecule has 0 aromatic carbocycles. The topological polar surface area (TPSA) is 23.8 Å². The van der Waals surface area contributed by atoms with Crippen LogP contribution < -0.4 is 0 Å². The summed E-state index contributed by atoms with van der Waals surface area (Å²) < 4.78 is 25.9. The zero-order valence-corrected chi connectivity index (χ0v) is 8.12. The van der Waals surface area contributed by atoms with E-state index in [0.717, 1.165) is 6.55 Å². The highest BCUT2D eigenvalue weighted by Gasteiger charge is 2.48. The van der Waals surface area contributed by atoms with Gasteiger partial charge in [0.15, 0.2) is 0 Å². The van der Waals surface area contributed by atoms with Crippen LogP contribution >= 0.6 is 0 Å². The molecule has 0 aliphatic heterocycles. The Morgan fingerprint density at radius 1 is 1.55 bits per heavy atom. The third kappa shape index (κ3) is 2.26. The average Bonchev–Trinajstić information content (AvgIpc) is 1.86. The lowest BCUT2D eigenvalue weighted by atomic mass is 10.1. The van der Waals surface area contributed by atoms with Gasteiger partial charge in [-0.3, -0.25) is 8.22 Å². The van der Waals surface area contributed by atoms with Crippen LogP contribution in [-0.4, -0.2) is 8.74 Å². The Labute approximate surface area is 67.4 Å². The molecule has 0 spiro atoms. The number of rotatable bonds is 3. The van der Waals surface area contributed by atoms with Gasteiger partial charge in [0.25, 0.3) is 0 Å². The van der Waals surface area contributed by atoms with Crippen molar-refractivity contribution in [1.82, 2.24) is 0 Å². The Bertz CT molecular complexity index is 170. The summed E-state index contributed by atoms with van der Waals surface area (Å²) in [5.74, 6) is 0. The standard InChI is InChI=1S/C7H13F2NSi/c1-4-7(2,5-6-10)11(3,8)9/h4-5H2,1-3H3. The number of nitrogens with zero attached hydrogens (tertiary/aromatic N) is 1. The first kappa shape index (κ1) is 10.6. The van der Waals surface area contributed by atoms with Crippen LogP contribution in [0.1, 0.15) is 26.7 Å². The molecule has 0 aromatic heterocycles. The second kappa shape index (κ2) is 3.31. The van der Waals surface area contributed by atoms with Gasteiger partial charge in [0, 0.05) is 11.5 Å². The van der Waals surface area contributed by atoms with Gasteiger partial charge in [-0.15, -0.1) is 0 Å². The molecule has 0 heterocycles. The number of hydrogen-bond acceptors (Lipinski definition) is 1. The smallest absolute Gasteiger partial charge is 0.270 e. The largest absolute Gasteiger partial charge is 0.428 e. The second-order valence-electron chi connectivity index (χ2n) is 3.14. The zero-order chi connectivity index (χ0) is 9.12. The third-order valence-electron chi connectivity index (χ3n) is 2.31. The fourth-order valence-electron chi connectivity index (χ4n) is 0.765. The second-order valence-corrected chi connectivity index (χ2v) is 6.12. The minimum Gasteiger partial charge on any atom is -0.270 e. The zero-order valence-electron chi connectivity index (χ0n) is 7.12. The molecule has 64 valence electrons. The third-order valence-corrected chi connectivity index (χ3v) is 4.96. The monoisotopic (exact) mass is 177 g/mol. The van der Waals surface area contributed by atoms with Crippen molar-refractivity contribution in [3.8, 4) is 6.07 Å². The summed E-state index contributed by atoms with van der Waals surface area (Å²) in [7, 11) is -4.15. The van der Waals surface area contributed by atoms with Crippen molar-refractivity contribution in [2.24, 2.45) is 0 Å². The van der Waals surface area contributed by atoms with Gasteiger partial charge in [0.1, 0.15) is 0 Å². The van der Waals surface area contributed by atoms with Crippen LogP contribution in [0.2, 0.25) is 11.6 Å². The van der Waals surface area contributed by atoms with Crippen molar-refractivity contribution >= 4 is 8.74 Å². The molecular weight excluding hydrogens is 164 g/mol. The van der Waals surface area contributed by atoms with Gasteiger partial charge in [0.05, 0.1) is 6.07 Å². The summed E-state index contributed by atoms with van der Waals surface area (Å²) in [4.78, 5) is 0. The predicted molar refractivity (Wildman–Crippen MR) is 42.7 cm³/mol. The summed E-state index contributed by atoms with van der Waals surface area (Å²) in [6.07, 6.45) is 0.357. The molecule has 1 atom stereocenters. The van der Waals surface area contributed by atoms with E-state index in [2.05, 4.69) is 0 Å². The van der Waals surface area contributed by atoms with Crippen molar-refractivity contribution in [3.63, 3.8) is 0 Å². The van der Waals surface area contributed by atoms with Crippen molar-refractivity contribution in [2.75, 3.05) is 0 Å². The van der Waals surface area contributed by atoms with Crippen LogP contribution in [-0.2, 0) is 0 Å². The maximum Gasteiger partial charge on any atom is 0.428 e. The van der Waals surface area contributed by atoms with Gasteiger partial charge in [-0.2, -0.15) is 5.26 Å². The van der Waals surface area contributed by atoms with Crippen molar-refractivity contribution in [3.05, 3.63) is 0 Å². The number of halogens is 2. The van der Waals surface area contributed by atoms with E-state index in [0.29, 0.717) is 6.42 Å². The molecular formula is C7H13F2NSi. The maximum atomic E-state index is 12.9. The van der Waals surface area contributed by atoms with Crippen LogP contribution in [0.5, 0.6) is 0 Å². The summed E-state index contributed by atoms with van der Waals surface area (Å²) in [6, 6.07) is 1.82. The van der Waals surface area contributed by atoms with E-state index in [4.69, 9.17) is 5.26 Å². The van der Waals surface area contributed by atoms with Crippen LogP contribution in [0.4, 0.5) is 8.22 Å². The molecule has 0 rings (SSSR count). The Morgan fingerprint density at radius 2 is 2.00 bits per heavy atom. The molecule has 0 N–H and O–H groups in total. The number of nitriles is 1. The summed E-state index contributed by atoms with van der Waals surface area (Å²) in [5.41, 5.74) is 0. The lowest BCUT2D eigenvalue weighted by Crippen LogP contribution is -2.34.